The van der Waals surface area contributed by atoms with Crippen LogP contribution in [0.25, 0.3) is 11.3 Å². The Morgan fingerprint density at radius 1 is 1.12 bits per heavy atom. The molecule has 0 spiro atoms. The Kier molecular flexibility index (Phi) is 4.31. The zero-order valence-electron chi connectivity index (χ0n) is 13.4. The molecule has 0 bridgehead atoms. The minimum absolute atomic E-state index is 0.354. The molecule has 122 valence electrons. The van der Waals surface area contributed by atoms with Gasteiger partial charge in [0.2, 0.25) is 0 Å². The summed E-state index contributed by atoms with van der Waals surface area (Å²) >= 11 is 0. The van der Waals surface area contributed by atoms with E-state index in [-0.39, 0.29) is 0 Å². The Bertz CT molecular complexity index is 770. The Morgan fingerprint density at radius 2 is 2.04 bits per heavy atom. The number of aromatic nitrogens is 4. The lowest BCUT2D eigenvalue weighted by molar-refractivity contribution is 0.152. The smallest absolute Gasteiger partial charge is 0.0939 e. The molecular weight excluding hydrogens is 300 g/mol. The summed E-state index contributed by atoms with van der Waals surface area (Å²) in [5, 5.41) is 11.1. The Balaban J connectivity index is 1.52. The van der Waals surface area contributed by atoms with E-state index in [4.69, 9.17) is 0 Å². The van der Waals surface area contributed by atoms with Gasteiger partial charge in [0.15, 0.2) is 0 Å². The average molecular weight is 320 g/mol. The minimum atomic E-state index is 0.354. The van der Waals surface area contributed by atoms with Crippen LogP contribution in [-0.2, 0) is 6.54 Å². The quantitative estimate of drug-likeness (QED) is 0.769. The van der Waals surface area contributed by atoms with Gasteiger partial charge < -0.3 is 5.32 Å². The third-order valence-electron chi connectivity index (χ3n) is 4.41. The van der Waals surface area contributed by atoms with Crippen LogP contribution in [0, 0.1) is 0 Å². The van der Waals surface area contributed by atoms with E-state index in [0.717, 1.165) is 43.1 Å². The van der Waals surface area contributed by atoms with Crippen molar-refractivity contribution in [3.05, 3.63) is 66.4 Å². The minimum Gasteiger partial charge on any atom is -0.314 e. The van der Waals surface area contributed by atoms with Crippen molar-refractivity contribution in [3.8, 4) is 11.3 Å². The van der Waals surface area contributed by atoms with Gasteiger partial charge in [0.25, 0.3) is 0 Å². The predicted molar refractivity (Wildman–Crippen MR) is 92.1 cm³/mol. The zero-order valence-corrected chi connectivity index (χ0v) is 13.4. The molecule has 2 N–H and O–H groups in total. The van der Waals surface area contributed by atoms with Gasteiger partial charge in [-0.25, -0.2) is 0 Å². The number of H-pyrrole nitrogens is 1. The first kappa shape index (κ1) is 15.0. The van der Waals surface area contributed by atoms with Crippen molar-refractivity contribution in [3.63, 3.8) is 0 Å². The lowest BCUT2D eigenvalue weighted by Crippen LogP contribution is -2.45. The largest absolute Gasteiger partial charge is 0.314 e. The summed E-state index contributed by atoms with van der Waals surface area (Å²) in [6.45, 7) is 3.81. The van der Waals surface area contributed by atoms with E-state index in [1.807, 2.05) is 30.7 Å². The number of hydrogen-bond donors (Lipinski definition) is 2. The van der Waals surface area contributed by atoms with Crippen molar-refractivity contribution in [1.82, 2.24) is 30.4 Å². The molecule has 0 saturated carbocycles. The van der Waals surface area contributed by atoms with Crippen LogP contribution < -0.4 is 5.32 Å². The maximum atomic E-state index is 4.43. The average Bonchev–Trinajstić information content (AvgIpc) is 3.12. The van der Waals surface area contributed by atoms with E-state index in [1.54, 1.807) is 6.20 Å². The fourth-order valence-corrected chi connectivity index (χ4v) is 3.17. The van der Waals surface area contributed by atoms with Crippen LogP contribution >= 0.6 is 0 Å². The van der Waals surface area contributed by atoms with Gasteiger partial charge in [-0.2, -0.15) is 5.10 Å². The lowest BCUT2D eigenvalue weighted by Gasteiger charge is -2.36. The van der Waals surface area contributed by atoms with Gasteiger partial charge in [-0.05, 0) is 35.9 Å². The van der Waals surface area contributed by atoms with Crippen LogP contribution in [0.4, 0.5) is 0 Å². The first-order valence-corrected chi connectivity index (χ1v) is 8.19. The van der Waals surface area contributed by atoms with Gasteiger partial charge in [-0.1, -0.05) is 0 Å². The van der Waals surface area contributed by atoms with Gasteiger partial charge in [0, 0.05) is 68.3 Å². The van der Waals surface area contributed by atoms with Crippen molar-refractivity contribution in [2.24, 2.45) is 0 Å². The summed E-state index contributed by atoms with van der Waals surface area (Å²) in [5.41, 5.74) is 4.39. The molecule has 1 aliphatic heterocycles. The molecule has 3 aromatic rings. The molecule has 1 saturated heterocycles. The summed E-state index contributed by atoms with van der Waals surface area (Å²) in [7, 11) is 0. The molecule has 6 heteroatoms. The summed E-state index contributed by atoms with van der Waals surface area (Å²) in [6.07, 6.45) is 7.33. The van der Waals surface area contributed by atoms with Crippen molar-refractivity contribution in [2.75, 3.05) is 19.6 Å². The zero-order chi connectivity index (χ0) is 16.2. The molecule has 0 aromatic carbocycles. The van der Waals surface area contributed by atoms with Gasteiger partial charge >= 0.3 is 0 Å². The molecule has 0 radical (unpaired) electrons. The fourth-order valence-electron chi connectivity index (χ4n) is 3.17. The topological polar surface area (TPSA) is 69.7 Å². The summed E-state index contributed by atoms with van der Waals surface area (Å²) < 4.78 is 0. The van der Waals surface area contributed by atoms with Crippen LogP contribution in [0.2, 0.25) is 0 Å². The molecule has 1 aliphatic rings. The van der Waals surface area contributed by atoms with Gasteiger partial charge in [-0.3, -0.25) is 20.0 Å². The van der Waals surface area contributed by atoms with E-state index in [0.29, 0.717) is 6.04 Å². The highest BCUT2D eigenvalue weighted by Gasteiger charge is 2.24. The van der Waals surface area contributed by atoms with Gasteiger partial charge in [-0.15, -0.1) is 0 Å². The second kappa shape index (κ2) is 6.90. The fraction of sp³-hybridized carbons (Fsp3) is 0.278. The summed E-state index contributed by atoms with van der Waals surface area (Å²) in [4.78, 5) is 10.8. The number of piperazine rings is 1. The van der Waals surface area contributed by atoms with Gasteiger partial charge in [0.1, 0.15) is 0 Å². The van der Waals surface area contributed by atoms with Crippen molar-refractivity contribution < 1.29 is 0 Å². The standard InChI is InChI=1S/C18H20N6/c1-2-15(11-20-5-1)17-10-16(22-23-17)13-24-9-8-21-12-18(24)14-3-6-19-7-4-14/h1-7,10-11,18,21H,8-9,12-13H2,(H,22,23). The third-order valence-corrected chi connectivity index (χ3v) is 4.41. The highest BCUT2D eigenvalue weighted by molar-refractivity contribution is 5.57. The highest BCUT2D eigenvalue weighted by Crippen LogP contribution is 2.24. The molecule has 4 rings (SSSR count). The summed E-state index contributed by atoms with van der Waals surface area (Å²) in [5.74, 6) is 0. The van der Waals surface area contributed by atoms with E-state index in [2.05, 4.69) is 48.6 Å². The van der Waals surface area contributed by atoms with Crippen LogP contribution in [-0.4, -0.2) is 44.7 Å². The monoisotopic (exact) mass is 320 g/mol. The van der Waals surface area contributed by atoms with E-state index in [1.165, 1.54) is 5.56 Å². The molecule has 1 unspecified atom stereocenters. The van der Waals surface area contributed by atoms with E-state index in [9.17, 15) is 0 Å². The molecule has 3 aromatic heterocycles. The molecule has 1 atom stereocenters. The molecular formula is C18H20N6. The van der Waals surface area contributed by atoms with Crippen LogP contribution in [0.15, 0.2) is 55.1 Å². The number of aromatic amines is 1. The van der Waals surface area contributed by atoms with Crippen LogP contribution in [0.1, 0.15) is 17.3 Å². The predicted octanol–water partition coefficient (Wildman–Crippen LogP) is 2.01. The van der Waals surface area contributed by atoms with E-state index >= 15 is 0 Å². The number of rotatable bonds is 4. The molecule has 1 fully saturated rings. The molecule has 0 aliphatic carbocycles. The first-order chi connectivity index (χ1) is 11.9. The maximum absolute atomic E-state index is 4.43. The summed E-state index contributed by atoms with van der Waals surface area (Å²) in [6, 6.07) is 10.6. The SMILES string of the molecule is c1cncc(-c2cc(CN3CCNCC3c3ccncc3)[nH]n2)c1. The third kappa shape index (κ3) is 3.20. The maximum Gasteiger partial charge on any atom is 0.0939 e. The normalized spacial score (nSPS) is 18.6. The second-order valence-electron chi connectivity index (χ2n) is 5.99. The molecule has 4 heterocycles. The Labute approximate surface area is 141 Å². The van der Waals surface area contributed by atoms with Crippen molar-refractivity contribution >= 4 is 0 Å². The lowest BCUT2D eigenvalue weighted by atomic mass is 10.0. The van der Waals surface area contributed by atoms with Gasteiger partial charge in [0.05, 0.1) is 5.69 Å². The van der Waals surface area contributed by atoms with Crippen molar-refractivity contribution in [2.45, 2.75) is 12.6 Å². The number of pyridine rings is 2. The van der Waals surface area contributed by atoms with E-state index < -0.39 is 0 Å². The Hall–Kier alpha value is -2.57. The Morgan fingerprint density at radius 3 is 2.88 bits per heavy atom. The van der Waals surface area contributed by atoms with Crippen LogP contribution in [0.3, 0.4) is 0 Å². The first-order valence-electron chi connectivity index (χ1n) is 8.19. The second-order valence-corrected chi connectivity index (χ2v) is 5.99. The number of hydrogen-bond acceptors (Lipinski definition) is 5. The number of nitrogens with one attached hydrogen (secondary N) is 2. The number of nitrogens with zero attached hydrogens (tertiary/aromatic N) is 4. The molecule has 0 amide bonds. The van der Waals surface area contributed by atoms with Crippen molar-refractivity contribution in [1.29, 1.82) is 0 Å². The van der Waals surface area contributed by atoms with Crippen LogP contribution in [0.5, 0.6) is 0 Å². The molecule has 24 heavy (non-hydrogen) atoms. The molecule has 6 nitrogen and oxygen atoms in total. The highest BCUT2D eigenvalue weighted by atomic mass is 15.2.